The quantitative estimate of drug-likeness (QED) is 0.275. The number of halogens is 1. The Kier molecular flexibility index (Phi) is 7.55. The van der Waals surface area contributed by atoms with Gasteiger partial charge in [0.2, 0.25) is 8.03 Å². The van der Waals surface area contributed by atoms with Crippen molar-refractivity contribution in [1.29, 1.82) is 0 Å². The maximum absolute atomic E-state index is 13.6. The number of carboxylic acids is 1. The standard InChI is InChI=1S/C28H29FNO5P/c1-19-8-15-24(30-25(19)22-6-4-3-5-7-22)27(33,18-21-11-13-23(29)14-12-21)28(26(31)32,36(34)35-2)17-16-20-9-10-20/h3-8,11-17,20,33,36H,9-10,18H2,1-2H3,(H,31,32). The van der Waals surface area contributed by atoms with E-state index in [9.17, 15) is 24.0 Å². The van der Waals surface area contributed by atoms with Gasteiger partial charge in [-0.05, 0) is 55.0 Å². The summed E-state index contributed by atoms with van der Waals surface area (Å²) < 4.78 is 32.3. The van der Waals surface area contributed by atoms with Gasteiger partial charge in [0.25, 0.3) is 0 Å². The van der Waals surface area contributed by atoms with E-state index in [1.165, 1.54) is 37.5 Å². The number of pyridine rings is 1. The molecule has 1 saturated carbocycles. The first kappa shape index (κ1) is 26.0. The highest BCUT2D eigenvalue weighted by Crippen LogP contribution is 2.54. The Morgan fingerprint density at radius 3 is 2.39 bits per heavy atom. The van der Waals surface area contributed by atoms with Crippen molar-refractivity contribution in [3.63, 3.8) is 0 Å². The van der Waals surface area contributed by atoms with Crippen LogP contribution in [0.2, 0.25) is 0 Å². The molecule has 3 atom stereocenters. The number of aliphatic hydroxyl groups is 1. The third kappa shape index (κ3) is 4.92. The normalized spacial score (nSPS) is 17.9. The van der Waals surface area contributed by atoms with Gasteiger partial charge in [0.1, 0.15) is 11.4 Å². The number of aromatic nitrogens is 1. The third-order valence-corrected chi connectivity index (χ3v) is 8.49. The number of aryl methyl sites for hydroxylation is 1. The summed E-state index contributed by atoms with van der Waals surface area (Å²) in [5, 5.41) is 20.7. The minimum atomic E-state index is -3.41. The minimum Gasteiger partial charge on any atom is -0.480 e. The number of rotatable bonds is 10. The van der Waals surface area contributed by atoms with Gasteiger partial charge in [-0.15, -0.1) is 0 Å². The molecule has 1 aromatic heterocycles. The maximum atomic E-state index is 13.6. The Bertz CT molecular complexity index is 1290. The van der Waals surface area contributed by atoms with Crippen molar-refractivity contribution in [2.45, 2.75) is 36.9 Å². The lowest BCUT2D eigenvalue weighted by molar-refractivity contribution is -0.147. The first-order valence-electron chi connectivity index (χ1n) is 11.7. The molecule has 0 radical (unpaired) electrons. The molecule has 1 aliphatic rings. The fraction of sp³-hybridized carbons (Fsp3) is 0.286. The zero-order chi connectivity index (χ0) is 25.9. The molecule has 1 fully saturated rings. The number of benzene rings is 2. The van der Waals surface area contributed by atoms with Crippen LogP contribution in [0, 0.1) is 18.7 Å². The van der Waals surface area contributed by atoms with E-state index in [0.29, 0.717) is 11.3 Å². The van der Waals surface area contributed by atoms with E-state index in [1.54, 1.807) is 18.2 Å². The molecule has 1 heterocycles. The molecular weight excluding hydrogens is 480 g/mol. The number of allylic oxidation sites excluding steroid dienone is 1. The van der Waals surface area contributed by atoms with Gasteiger partial charge in [0, 0.05) is 19.1 Å². The summed E-state index contributed by atoms with van der Waals surface area (Å²) in [6.45, 7) is 1.87. The molecule has 8 heteroatoms. The lowest BCUT2D eigenvalue weighted by atomic mass is 9.77. The van der Waals surface area contributed by atoms with Crippen molar-refractivity contribution < 1.29 is 28.5 Å². The second kappa shape index (κ2) is 10.5. The van der Waals surface area contributed by atoms with Gasteiger partial charge in [0.15, 0.2) is 5.16 Å². The summed E-state index contributed by atoms with van der Waals surface area (Å²) in [4.78, 5) is 17.7. The van der Waals surface area contributed by atoms with E-state index in [-0.39, 0.29) is 18.0 Å². The zero-order valence-corrected chi connectivity index (χ0v) is 21.1. The Morgan fingerprint density at radius 2 is 1.81 bits per heavy atom. The van der Waals surface area contributed by atoms with Gasteiger partial charge in [0.05, 0.1) is 11.4 Å². The van der Waals surface area contributed by atoms with Crippen LogP contribution in [-0.2, 0) is 25.9 Å². The lowest BCUT2D eigenvalue weighted by Gasteiger charge is -2.41. The summed E-state index contributed by atoms with van der Waals surface area (Å²) >= 11 is 0. The van der Waals surface area contributed by atoms with Crippen molar-refractivity contribution in [3.05, 3.63) is 102 Å². The van der Waals surface area contributed by atoms with Crippen LogP contribution in [-0.4, -0.2) is 33.4 Å². The smallest absolute Gasteiger partial charge is 0.326 e. The average Bonchev–Trinajstić information content (AvgIpc) is 3.70. The van der Waals surface area contributed by atoms with E-state index in [0.717, 1.165) is 24.0 Å². The summed E-state index contributed by atoms with van der Waals surface area (Å²) in [7, 11) is -2.24. The monoisotopic (exact) mass is 509 g/mol. The number of hydrogen-bond acceptors (Lipinski definition) is 5. The molecular formula is C28H29FNO5P. The van der Waals surface area contributed by atoms with Crippen LogP contribution in [0.15, 0.2) is 78.9 Å². The fourth-order valence-corrected chi connectivity index (χ4v) is 5.70. The second-order valence-corrected chi connectivity index (χ2v) is 11.0. The number of aliphatic carboxylic acids is 1. The Balaban J connectivity index is 1.98. The van der Waals surface area contributed by atoms with Crippen molar-refractivity contribution in [1.82, 2.24) is 4.98 Å². The average molecular weight is 510 g/mol. The predicted molar refractivity (Wildman–Crippen MR) is 137 cm³/mol. The highest BCUT2D eigenvalue weighted by Gasteiger charge is 2.61. The summed E-state index contributed by atoms with van der Waals surface area (Å²) in [5.41, 5.74) is 0.380. The third-order valence-electron chi connectivity index (χ3n) is 6.68. The topological polar surface area (TPSA) is 96.7 Å². The fourth-order valence-electron chi connectivity index (χ4n) is 4.42. The van der Waals surface area contributed by atoms with E-state index in [4.69, 9.17) is 9.51 Å². The number of nitrogens with zero attached hydrogens (tertiary/aromatic N) is 1. The van der Waals surface area contributed by atoms with Crippen molar-refractivity contribution in [2.75, 3.05) is 7.11 Å². The van der Waals surface area contributed by atoms with Gasteiger partial charge >= 0.3 is 5.97 Å². The van der Waals surface area contributed by atoms with Gasteiger partial charge in [-0.1, -0.05) is 60.7 Å². The molecule has 188 valence electrons. The molecule has 36 heavy (non-hydrogen) atoms. The minimum absolute atomic E-state index is 0.0366. The largest absolute Gasteiger partial charge is 0.480 e. The molecule has 0 aliphatic heterocycles. The van der Waals surface area contributed by atoms with E-state index in [1.807, 2.05) is 37.3 Å². The van der Waals surface area contributed by atoms with Crippen molar-refractivity contribution >= 4 is 14.0 Å². The van der Waals surface area contributed by atoms with Crippen LogP contribution < -0.4 is 0 Å². The molecule has 2 N–H and O–H groups in total. The molecule has 3 aromatic rings. The summed E-state index contributed by atoms with van der Waals surface area (Å²) in [5.74, 6) is -1.81. The highest BCUT2D eigenvalue weighted by molar-refractivity contribution is 7.43. The molecule has 3 unspecified atom stereocenters. The molecule has 6 nitrogen and oxygen atoms in total. The van der Waals surface area contributed by atoms with Crippen molar-refractivity contribution in [3.8, 4) is 11.3 Å². The van der Waals surface area contributed by atoms with Gasteiger partial charge in [-0.3, -0.25) is 9.36 Å². The second-order valence-electron chi connectivity index (χ2n) is 9.19. The van der Waals surface area contributed by atoms with Gasteiger partial charge < -0.3 is 14.7 Å². The van der Waals surface area contributed by atoms with E-state index in [2.05, 4.69) is 0 Å². The SMILES string of the molecule is CO[PH](=O)C(C=CC1CC1)(C(=O)O)C(O)(Cc1ccc(F)cc1)c1ccc(C)c(-c2ccccc2)n1. The molecule has 0 spiro atoms. The molecule has 1 aliphatic carbocycles. The summed E-state index contributed by atoms with van der Waals surface area (Å²) in [6.07, 6.45) is 4.51. The number of carbonyl (C=O) groups is 1. The Morgan fingerprint density at radius 1 is 1.14 bits per heavy atom. The van der Waals surface area contributed by atoms with E-state index < -0.39 is 30.6 Å². The molecule has 2 aromatic carbocycles. The molecule has 4 rings (SSSR count). The molecule has 0 saturated heterocycles. The van der Waals surface area contributed by atoms with Gasteiger partial charge in [-0.25, -0.2) is 9.37 Å². The van der Waals surface area contributed by atoms with Crippen LogP contribution in [0.5, 0.6) is 0 Å². The Labute approximate surface area is 210 Å². The molecule has 0 bridgehead atoms. The Hall–Kier alpha value is -3.12. The number of carboxylic acid groups (broad SMARTS) is 1. The van der Waals surface area contributed by atoms with Gasteiger partial charge in [-0.2, -0.15) is 0 Å². The van der Waals surface area contributed by atoms with Crippen LogP contribution in [0.4, 0.5) is 4.39 Å². The highest BCUT2D eigenvalue weighted by atomic mass is 31.1. The van der Waals surface area contributed by atoms with Crippen LogP contribution >= 0.6 is 8.03 Å². The summed E-state index contributed by atoms with van der Waals surface area (Å²) in [6, 6.07) is 18.0. The maximum Gasteiger partial charge on any atom is 0.326 e. The zero-order valence-electron chi connectivity index (χ0n) is 20.1. The van der Waals surface area contributed by atoms with Crippen LogP contribution in [0.25, 0.3) is 11.3 Å². The van der Waals surface area contributed by atoms with Crippen molar-refractivity contribution in [2.24, 2.45) is 5.92 Å². The molecule has 0 amide bonds. The lowest BCUT2D eigenvalue weighted by Crippen LogP contribution is -2.55. The first-order valence-corrected chi connectivity index (χ1v) is 13.0. The number of hydrogen-bond donors (Lipinski definition) is 2. The van der Waals surface area contributed by atoms with E-state index >= 15 is 0 Å². The predicted octanol–water partition coefficient (Wildman–Crippen LogP) is 5.54. The van der Waals surface area contributed by atoms with Crippen LogP contribution in [0.3, 0.4) is 0 Å². The first-order chi connectivity index (χ1) is 17.2. The van der Waals surface area contributed by atoms with Crippen LogP contribution in [0.1, 0.15) is 29.7 Å².